The SMILES string of the molecule is O=C(CSc1ncc(-c2ccccc2)n1C(=O)c1ccccc1)Nc1ccc(Cl)cc1. The number of nitrogens with zero attached hydrogens (tertiary/aromatic N) is 2. The summed E-state index contributed by atoms with van der Waals surface area (Å²) in [6.45, 7) is 0. The monoisotopic (exact) mass is 447 g/mol. The zero-order valence-corrected chi connectivity index (χ0v) is 17.9. The number of aromatic nitrogens is 2. The van der Waals surface area contributed by atoms with Gasteiger partial charge in [-0.15, -0.1) is 0 Å². The predicted octanol–water partition coefficient (Wildman–Crippen LogP) is 5.62. The van der Waals surface area contributed by atoms with E-state index in [2.05, 4.69) is 10.3 Å². The lowest BCUT2D eigenvalue weighted by Gasteiger charge is -2.11. The van der Waals surface area contributed by atoms with E-state index in [1.165, 1.54) is 11.8 Å². The van der Waals surface area contributed by atoms with Crippen molar-refractivity contribution in [3.05, 3.63) is 102 Å². The third kappa shape index (κ3) is 5.05. The summed E-state index contributed by atoms with van der Waals surface area (Å²) in [6.07, 6.45) is 1.66. The summed E-state index contributed by atoms with van der Waals surface area (Å²) in [5.41, 5.74) is 2.75. The standard InChI is InChI=1S/C24H18ClN3O2S/c25-19-11-13-20(14-12-19)27-22(29)16-31-24-26-15-21(17-7-3-1-4-8-17)28(24)23(30)18-9-5-2-6-10-18/h1-15H,16H2,(H,27,29). The minimum atomic E-state index is -0.199. The maximum Gasteiger partial charge on any atom is 0.264 e. The number of carbonyl (C=O) groups is 2. The van der Waals surface area contributed by atoms with E-state index in [1.807, 2.05) is 48.5 Å². The van der Waals surface area contributed by atoms with E-state index in [0.717, 1.165) is 5.56 Å². The van der Waals surface area contributed by atoms with Crippen LogP contribution in [-0.4, -0.2) is 27.1 Å². The summed E-state index contributed by atoms with van der Waals surface area (Å²) in [7, 11) is 0. The molecule has 1 amide bonds. The lowest BCUT2D eigenvalue weighted by molar-refractivity contribution is -0.113. The van der Waals surface area contributed by atoms with Gasteiger partial charge < -0.3 is 5.32 Å². The molecule has 1 N–H and O–H groups in total. The normalized spacial score (nSPS) is 10.6. The molecule has 154 valence electrons. The second-order valence-corrected chi connectivity index (χ2v) is 8.02. The zero-order valence-electron chi connectivity index (χ0n) is 16.4. The van der Waals surface area contributed by atoms with E-state index in [0.29, 0.717) is 27.1 Å². The summed E-state index contributed by atoms with van der Waals surface area (Å²) in [5.74, 6) is -0.288. The Bertz CT molecular complexity index is 1190. The Balaban J connectivity index is 1.58. The molecule has 0 fully saturated rings. The van der Waals surface area contributed by atoms with Crippen LogP contribution in [-0.2, 0) is 4.79 Å². The number of amides is 1. The van der Waals surface area contributed by atoms with Gasteiger partial charge in [0.2, 0.25) is 5.91 Å². The van der Waals surface area contributed by atoms with E-state index >= 15 is 0 Å². The van der Waals surface area contributed by atoms with Gasteiger partial charge in [-0.2, -0.15) is 0 Å². The zero-order chi connectivity index (χ0) is 21.6. The van der Waals surface area contributed by atoms with Crippen molar-refractivity contribution < 1.29 is 9.59 Å². The first-order valence-corrected chi connectivity index (χ1v) is 10.9. The van der Waals surface area contributed by atoms with Gasteiger partial charge in [0, 0.05) is 21.8 Å². The highest BCUT2D eigenvalue weighted by Gasteiger charge is 2.20. The van der Waals surface area contributed by atoms with Crippen LogP contribution in [0.2, 0.25) is 5.02 Å². The first kappa shape index (κ1) is 20.9. The van der Waals surface area contributed by atoms with Crippen LogP contribution in [0.5, 0.6) is 0 Å². The van der Waals surface area contributed by atoms with Crippen molar-refractivity contribution in [2.24, 2.45) is 0 Å². The maximum atomic E-state index is 13.3. The van der Waals surface area contributed by atoms with Gasteiger partial charge in [-0.25, -0.2) is 4.98 Å². The van der Waals surface area contributed by atoms with Gasteiger partial charge in [-0.3, -0.25) is 14.2 Å². The minimum absolute atomic E-state index is 0.107. The van der Waals surface area contributed by atoms with Crippen molar-refractivity contribution in [1.82, 2.24) is 9.55 Å². The number of rotatable bonds is 6. The number of nitrogens with one attached hydrogen (secondary N) is 1. The summed E-state index contributed by atoms with van der Waals surface area (Å²) in [4.78, 5) is 30.1. The summed E-state index contributed by atoms with van der Waals surface area (Å²) in [6, 6.07) is 25.5. The van der Waals surface area contributed by atoms with Gasteiger partial charge in [0.1, 0.15) is 0 Å². The van der Waals surface area contributed by atoms with Crippen molar-refractivity contribution in [2.45, 2.75) is 5.16 Å². The Morgan fingerprint density at radius 2 is 1.55 bits per heavy atom. The highest BCUT2D eigenvalue weighted by molar-refractivity contribution is 7.99. The molecule has 31 heavy (non-hydrogen) atoms. The van der Waals surface area contributed by atoms with Crippen LogP contribution in [0.4, 0.5) is 5.69 Å². The Kier molecular flexibility index (Phi) is 6.50. The van der Waals surface area contributed by atoms with E-state index < -0.39 is 0 Å². The van der Waals surface area contributed by atoms with Gasteiger partial charge in [0.25, 0.3) is 5.91 Å². The fourth-order valence-corrected chi connectivity index (χ4v) is 3.91. The topological polar surface area (TPSA) is 64.0 Å². The van der Waals surface area contributed by atoms with Gasteiger partial charge in [0.05, 0.1) is 17.6 Å². The third-order valence-corrected chi connectivity index (χ3v) is 5.69. The molecule has 0 aliphatic rings. The molecule has 3 aromatic carbocycles. The van der Waals surface area contributed by atoms with Crippen molar-refractivity contribution in [3.63, 3.8) is 0 Å². The molecule has 0 aliphatic carbocycles. The quantitative estimate of drug-likeness (QED) is 0.389. The number of hydrogen-bond donors (Lipinski definition) is 1. The fourth-order valence-electron chi connectivity index (χ4n) is 3.02. The molecule has 1 heterocycles. The Labute approximate surface area is 189 Å². The van der Waals surface area contributed by atoms with E-state index in [1.54, 1.807) is 47.2 Å². The van der Waals surface area contributed by atoms with E-state index in [-0.39, 0.29) is 17.6 Å². The number of carbonyl (C=O) groups excluding carboxylic acids is 2. The third-order valence-electron chi connectivity index (χ3n) is 4.48. The average molecular weight is 448 g/mol. The number of anilines is 1. The first-order chi connectivity index (χ1) is 15.1. The maximum absolute atomic E-state index is 13.3. The molecule has 0 unspecified atom stereocenters. The largest absolute Gasteiger partial charge is 0.325 e. The fraction of sp³-hybridized carbons (Fsp3) is 0.0417. The van der Waals surface area contributed by atoms with E-state index in [4.69, 9.17) is 11.6 Å². The van der Waals surface area contributed by atoms with Crippen molar-refractivity contribution in [2.75, 3.05) is 11.1 Å². The van der Waals surface area contributed by atoms with Crippen LogP contribution < -0.4 is 5.32 Å². The summed E-state index contributed by atoms with van der Waals surface area (Å²) in [5, 5.41) is 3.87. The van der Waals surface area contributed by atoms with E-state index in [9.17, 15) is 9.59 Å². The van der Waals surface area contributed by atoms with Gasteiger partial charge in [-0.05, 0) is 36.4 Å². The van der Waals surface area contributed by atoms with Crippen molar-refractivity contribution >= 4 is 40.9 Å². The van der Waals surface area contributed by atoms with Crippen LogP contribution in [0.15, 0.2) is 96.3 Å². The average Bonchev–Trinajstić information content (AvgIpc) is 3.24. The number of hydrogen-bond acceptors (Lipinski definition) is 4. The number of benzene rings is 3. The molecule has 0 spiro atoms. The number of imidazole rings is 1. The summed E-state index contributed by atoms with van der Waals surface area (Å²) >= 11 is 7.09. The minimum Gasteiger partial charge on any atom is -0.325 e. The highest BCUT2D eigenvalue weighted by Crippen LogP contribution is 2.27. The summed E-state index contributed by atoms with van der Waals surface area (Å²) < 4.78 is 1.56. The predicted molar refractivity (Wildman–Crippen MR) is 125 cm³/mol. The van der Waals surface area contributed by atoms with Gasteiger partial charge in [-0.1, -0.05) is 71.9 Å². The van der Waals surface area contributed by atoms with Crippen LogP contribution in [0.3, 0.4) is 0 Å². The molecule has 0 aliphatic heterocycles. The molecule has 0 atom stereocenters. The lowest BCUT2D eigenvalue weighted by Crippen LogP contribution is -2.17. The Morgan fingerprint density at radius 3 is 2.23 bits per heavy atom. The highest BCUT2D eigenvalue weighted by atomic mass is 35.5. The molecular weight excluding hydrogens is 430 g/mol. The molecule has 0 saturated heterocycles. The van der Waals surface area contributed by atoms with Crippen LogP contribution in [0, 0.1) is 0 Å². The lowest BCUT2D eigenvalue weighted by atomic mass is 10.1. The van der Waals surface area contributed by atoms with Crippen LogP contribution in [0.25, 0.3) is 11.3 Å². The van der Waals surface area contributed by atoms with Gasteiger partial charge >= 0.3 is 0 Å². The second kappa shape index (κ2) is 9.64. The molecule has 1 aromatic heterocycles. The number of halogens is 1. The van der Waals surface area contributed by atoms with Crippen LogP contribution in [0.1, 0.15) is 10.4 Å². The van der Waals surface area contributed by atoms with Crippen molar-refractivity contribution in [1.29, 1.82) is 0 Å². The Morgan fingerprint density at radius 1 is 0.903 bits per heavy atom. The molecule has 0 bridgehead atoms. The molecular formula is C24H18ClN3O2S. The first-order valence-electron chi connectivity index (χ1n) is 9.53. The molecule has 4 aromatic rings. The smallest absolute Gasteiger partial charge is 0.264 e. The molecule has 4 rings (SSSR count). The number of thioether (sulfide) groups is 1. The van der Waals surface area contributed by atoms with Gasteiger partial charge in [0.15, 0.2) is 5.16 Å². The van der Waals surface area contributed by atoms with Crippen molar-refractivity contribution in [3.8, 4) is 11.3 Å². The van der Waals surface area contributed by atoms with Crippen LogP contribution >= 0.6 is 23.4 Å². The molecule has 5 nitrogen and oxygen atoms in total. The molecule has 0 saturated carbocycles. The molecule has 0 radical (unpaired) electrons. The second-order valence-electron chi connectivity index (χ2n) is 6.64. The Hall–Kier alpha value is -3.35. The molecule has 7 heteroatoms.